The van der Waals surface area contributed by atoms with Crippen molar-refractivity contribution in [3.63, 3.8) is 0 Å². The summed E-state index contributed by atoms with van der Waals surface area (Å²) in [5.41, 5.74) is 3.24. The van der Waals surface area contributed by atoms with Crippen LogP contribution in [0.25, 0.3) is 11.1 Å². The zero-order valence-corrected chi connectivity index (χ0v) is 15.5. The summed E-state index contributed by atoms with van der Waals surface area (Å²) in [6, 6.07) is 13.4. The Hall–Kier alpha value is -2.40. The largest absolute Gasteiger partial charge is 0.449 e. The first kappa shape index (κ1) is 18.0. The number of fused-ring (bicyclic) bond motifs is 2. The van der Waals surface area contributed by atoms with E-state index in [9.17, 15) is 9.18 Å². The molecule has 0 radical (unpaired) electrons. The maximum absolute atomic E-state index is 13.4. The molecule has 1 amide bonds. The third-order valence-corrected chi connectivity index (χ3v) is 5.66. The van der Waals surface area contributed by atoms with Gasteiger partial charge in [-0.15, -0.1) is 0 Å². The molecule has 2 fully saturated rings. The number of nitrogens with one attached hydrogen (secondary N) is 2. The number of para-hydroxylation sites is 1. The Morgan fingerprint density at radius 3 is 2.63 bits per heavy atom. The van der Waals surface area contributed by atoms with Gasteiger partial charge < -0.3 is 10.1 Å². The summed E-state index contributed by atoms with van der Waals surface area (Å²) in [6.45, 7) is 2.32. The first-order valence-electron chi connectivity index (χ1n) is 9.64. The first-order valence-corrected chi connectivity index (χ1v) is 9.64. The number of hydrogen-bond acceptors (Lipinski definition) is 3. The van der Waals surface area contributed by atoms with Crippen LogP contribution in [0.5, 0.6) is 0 Å². The first-order chi connectivity index (χ1) is 13.1. The number of benzene rings is 2. The van der Waals surface area contributed by atoms with Crippen molar-refractivity contribution >= 4 is 11.8 Å². The van der Waals surface area contributed by atoms with Gasteiger partial charge in [0.15, 0.2) is 0 Å². The minimum absolute atomic E-state index is 0.267. The van der Waals surface area contributed by atoms with E-state index < -0.39 is 6.09 Å². The van der Waals surface area contributed by atoms with E-state index in [1.54, 1.807) is 6.07 Å². The number of hydrogen-bond donors (Lipinski definition) is 2. The van der Waals surface area contributed by atoms with Gasteiger partial charge in [-0.1, -0.05) is 24.3 Å². The number of piperidine rings is 1. The lowest BCUT2D eigenvalue weighted by atomic mass is 9.93. The molecule has 2 aromatic carbocycles. The molecule has 0 aromatic heterocycles. The summed E-state index contributed by atoms with van der Waals surface area (Å²) in [4.78, 5) is 12.3. The highest BCUT2D eigenvalue weighted by Gasteiger charge is 2.33. The monoisotopic (exact) mass is 368 g/mol. The van der Waals surface area contributed by atoms with E-state index in [0.29, 0.717) is 30.3 Å². The minimum Gasteiger partial charge on any atom is -0.449 e. The molecule has 4 rings (SSSR count). The molecule has 142 valence electrons. The van der Waals surface area contributed by atoms with Gasteiger partial charge in [0.1, 0.15) is 5.82 Å². The molecule has 27 heavy (non-hydrogen) atoms. The second kappa shape index (κ2) is 7.69. The molecule has 2 N–H and O–H groups in total. The Kier molecular flexibility index (Phi) is 5.12. The highest BCUT2D eigenvalue weighted by atomic mass is 19.1. The highest BCUT2D eigenvalue weighted by molar-refractivity contribution is 5.92. The van der Waals surface area contributed by atoms with E-state index in [0.717, 1.165) is 29.5 Å². The molecule has 2 aromatic rings. The van der Waals surface area contributed by atoms with Gasteiger partial charge in [-0.05, 0) is 67.9 Å². The van der Waals surface area contributed by atoms with Crippen LogP contribution in [0.3, 0.4) is 0 Å². The number of anilines is 1. The number of carbonyl (C=O) groups excluding carboxylic acids is 1. The van der Waals surface area contributed by atoms with Crippen molar-refractivity contribution in [1.29, 1.82) is 0 Å². The lowest BCUT2D eigenvalue weighted by molar-refractivity contribution is 0.122. The Morgan fingerprint density at radius 1 is 1.15 bits per heavy atom. The lowest BCUT2D eigenvalue weighted by Crippen LogP contribution is -2.39. The van der Waals surface area contributed by atoms with Gasteiger partial charge in [0, 0.05) is 17.6 Å². The normalized spacial score (nSPS) is 23.9. The summed E-state index contributed by atoms with van der Waals surface area (Å²) >= 11 is 0. The van der Waals surface area contributed by atoms with Crippen LogP contribution >= 0.6 is 0 Å². The number of halogens is 1. The van der Waals surface area contributed by atoms with Gasteiger partial charge in [0.25, 0.3) is 0 Å². The van der Waals surface area contributed by atoms with Crippen molar-refractivity contribution in [3.8, 4) is 11.1 Å². The van der Waals surface area contributed by atoms with Crippen LogP contribution in [-0.2, 0) is 4.74 Å². The van der Waals surface area contributed by atoms with Crippen molar-refractivity contribution < 1.29 is 13.9 Å². The van der Waals surface area contributed by atoms with Crippen LogP contribution in [0, 0.1) is 18.7 Å². The van der Waals surface area contributed by atoms with E-state index in [1.165, 1.54) is 25.0 Å². The molecule has 2 aliphatic heterocycles. The third-order valence-electron chi connectivity index (χ3n) is 5.66. The topological polar surface area (TPSA) is 50.4 Å². The van der Waals surface area contributed by atoms with Gasteiger partial charge >= 0.3 is 6.09 Å². The zero-order chi connectivity index (χ0) is 18.8. The molecule has 2 aliphatic rings. The average molecular weight is 368 g/mol. The molecule has 2 saturated heterocycles. The second-order valence-corrected chi connectivity index (χ2v) is 7.70. The van der Waals surface area contributed by atoms with Crippen molar-refractivity contribution in [1.82, 2.24) is 5.32 Å². The summed E-state index contributed by atoms with van der Waals surface area (Å²) in [6.07, 6.45) is 4.19. The van der Waals surface area contributed by atoms with E-state index in [2.05, 4.69) is 10.6 Å². The van der Waals surface area contributed by atoms with E-state index >= 15 is 0 Å². The number of aryl methyl sites for hydroxylation is 1. The predicted octanol–water partition coefficient (Wildman–Crippen LogP) is 4.88. The Labute approximate surface area is 159 Å². The van der Waals surface area contributed by atoms with Crippen LogP contribution in [-0.4, -0.2) is 24.8 Å². The number of amides is 1. The fourth-order valence-corrected chi connectivity index (χ4v) is 4.41. The van der Waals surface area contributed by atoms with Gasteiger partial charge in [-0.2, -0.15) is 0 Å². The molecule has 2 bridgehead atoms. The predicted molar refractivity (Wildman–Crippen MR) is 104 cm³/mol. The van der Waals surface area contributed by atoms with Crippen LogP contribution in [0.2, 0.25) is 0 Å². The molecular formula is C22H25FN2O2. The zero-order valence-electron chi connectivity index (χ0n) is 15.5. The Bertz CT molecular complexity index is 827. The maximum Gasteiger partial charge on any atom is 0.411 e. The molecule has 5 heteroatoms. The van der Waals surface area contributed by atoms with E-state index in [1.807, 2.05) is 31.2 Å². The van der Waals surface area contributed by atoms with Crippen molar-refractivity contribution in [2.24, 2.45) is 5.92 Å². The van der Waals surface area contributed by atoms with Crippen molar-refractivity contribution in [3.05, 3.63) is 53.8 Å². The molecule has 0 aliphatic carbocycles. The number of rotatable bonds is 4. The maximum atomic E-state index is 13.4. The second-order valence-electron chi connectivity index (χ2n) is 7.70. The number of carbonyl (C=O) groups is 1. The fraction of sp³-hybridized carbons (Fsp3) is 0.409. The standard InChI is InChI=1S/C22H25FN2O2/c1-14-10-16(23)6-9-19(14)20-4-2-3-5-21(20)25-22(26)27-13-15-11-17-7-8-18(12-15)24-17/h2-6,9-10,15,17-18,24H,7-8,11-13H2,1H3,(H,25,26). The molecule has 2 heterocycles. The minimum atomic E-state index is -0.437. The average Bonchev–Trinajstić information content (AvgIpc) is 2.99. The van der Waals surface area contributed by atoms with Crippen LogP contribution < -0.4 is 10.6 Å². The molecule has 0 saturated carbocycles. The molecule has 2 atom stereocenters. The Balaban J connectivity index is 1.41. The molecule has 0 spiro atoms. The van der Waals surface area contributed by atoms with E-state index in [4.69, 9.17) is 4.74 Å². The third kappa shape index (κ3) is 4.14. The number of ether oxygens (including phenoxy) is 1. The summed E-state index contributed by atoms with van der Waals surface area (Å²) in [5, 5.41) is 6.46. The van der Waals surface area contributed by atoms with Crippen LogP contribution in [0.1, 0.15) is 31.2 Å². The molecule has 2 unspecified atom stereocenters. The van der Waals surface area contributed by atoms with Gasteiger partial charge in [-0.25, -0.2) is 9.18 Å². The Morgan fingerprint density at radius 2 is 1.89 bits per heavy atom. The lowest BCUT2D eigenvalue weighted by Gasteiger charge is -2.28. The van der Waals surface area contributed by atoms with Crippen LogP contribution in [0.15, 0.2) is 42.5 Å². The van der Waals surface area contributed by atoms with Crippen LogP contribution in [0.4, 0.5) is 14.9 Å². The molecular weight excluding hydrogens is 343 g/mol. The fourth-order valence-electron chi connectivity index (χ4n) is 4.41. The summed E-state index contributed by atoms with van der Waals surface area (Å²) in [5.74, 6) is 0.168. The molecule has 4 nitrogen and oxygen atoms in total. The van der Waals surface area contributed by atoms with Crippen molar-refractivity contribution in [2.45, 2.75) is 44.7 Å². The summed E-state index contributed by atoms with van der Waals surface area (Å²) in [7, 11) is 0. The van der Waals surface area contributed by atoms with Gasteiger partial charge in [0.05, 0.1) is 12.3 Å². The SMILES string of the molecule is Cc1cc(F)ccc1-c1ccccc1NC(=O)OCC1CC2CCC(C1)N2. The highest BCUT2D eigenvalue weighted by Crippen LogP contribution is 2.32. The van der Waals surface area contributed by atoms with Gasteiger partial charge in [0.2, 0.25) is 0 Å². The quantitative estimate of drug-likeness (QED) is 0.809. The van der Waals surface area contributed by atoms with Crippen molar-refractivity contribution in [2.75, 3.05) is 11.9 Å². The van der Waals surface area contributed by atoms with E-state index in [-0.39, 0.29) is 5.82 Å². The smallest absolute Gasteiger partial charge is 0.411 e. The van der Waals surface area contributed by atoms with Gasteiger partial charge in [-0.3, -0.25) is 5.32 Å². The summed E-state index contributed by atoms with van der Waals surface area (Å²) < 4.78 is 18.9.